The van der Waals surface area contributed by atoms with Crippen molar-refractivity contribution in [2.75, 3.05) is 18.6 Å². The lowest BCUT2D eigenvalue weighted by Gasteiger charge is -2.17. The first-order valence-electron chi connectivity index (χ1n) is 9.92. The summed E-state index contributed by atoms with van der Waals surface area (Å²) in [5.41, 5.74) is 3.24. The second kappa shape index (κ2) is 10.9. The van der Waals surface area contributed by atoms with E-state index in [4.69, 9.17) is 4.74 Å². The number of rotatable bonds is 10. The normalized spacial score (nSPS) is 11.6. The summed E-state index contributed by atoms with van der Waals surface area (Å²) in [7, 11) is 0. The lowest BCUT2D eigenvalue weighted by atomic mass is 10.1. The summed E-state index contributed by atoms with van der Waals surface area (Å²) in [5.74, 6) is -0.983. The highest BCUT2D eigenvalue weighted by molar-refractivity contribution is 7.98. The molecule has 0 radical (unpaired) electrons. The molecule has 0 aliphatic carbocycles. The molecule has 166 valence electrons. The number of nitrogens with one attached hydrogen (secondary N) is 2. The summed E-state index contributed by atoms with van der Waals surface area (Å²) in [6, 6.07) is 6.19. The van der Waals surface area contributed by atoms with Crippen molar-refractivity contribution in [2.24, 2.45) is 0 Å². The third-order valence-corrected chi connectivity index (χ3v) is 5.54. The van der Waals surface area contributed by atoms with E-state index in [1.54, 1.807) is 43.8 Å². The van der Waals surface area contributed by atoms with Crippen molar-refractivity contribution in [1.29, 1.82) is 0 Å². The topological polar surface area (TPSA) is 105 Å². The van der Waals surface area contributed by atoms with E-state index in [1.165, 1.54) is 6.92 Å². The van der Waals surface area contributed by atoms with Gasteiger partial charge in [-0.2, -0.15) is 11.8 Å². The van der Waals surface area contributed by atoms with Gasteiger partial charge in [-0.1, -0.05) is 17.7 Å². The van der Waals surface area contributed by atoms with Gasteiger partial charge < -0.3 is 15.0 Å². The van der Waals surface area contributed by atoms with Crippen LogP contribution in [0.4, 0.5) is 0 Å². The molecule has 2 rings (SSSR count). The fraction of sp³-hybridized carbons (Fsp3) is 0.391. The fourth-order valence-corrected chi connectivity index (χ4v) is 3.85. The number of carbonyl (C=O) groups excluding carboxylic acids is 4. The van der Waals surface area contributed by atoms with Gasteiger partial charge >= 0.3 is 5.97 Å². The Hall–Kier alpha value is -2.87. The first kappa shape index (κ1) is 24.4. The van der Waals surface area contributed by atoms with Crippen molar-refractivity contribution >= 4 is 35.2 Å². The minimum absolute atomic E-state index is 0.140. The van der Waals surface area contributed by atoms with E-state index < -0.39 is 24.4 Å². The van der Waals surface area contributed by atoms with Gasteiger partial charge in [-0.05, 0) is 63.8 Å². The Bertz CT molecular complexity index is 996. The highest BCUT2D eigenvalue weighted by Gasteiger charge is 2.25. The van der Waals surface area contributed by atoms with Crippen LogP contribution >= 0.6 is 11.8 Å². The molecular formula is C23H28N2O5S. The van der Waals surface area contributed by atoms with Crippen LogP contribution in [-0.4, -0.2) is 53.1 Å². The third-order valence-electron chi connectivity index (χ3n) is 4.89. The molecule has 1 aromatic heterocycles. The van der Waals surface area contributed by atoms with Gasteiger partial charge in [-0.3, -0.25) is 14.4 Å². The average molecular weight is 445 g/mol. The molecule has 2 N–H and O–H groups in total. The number of aryl methyl sites for hydroxylation is 2. The number of ether oxygens (including phenoxy) is 1. The molecule has 7 nitrogen and oxygen atoms in total. The van der Waals surface area contributed by atoms with Gasteiger partial charge in [0, 0.05) is 16.8 Å². The van der Waals surface area contributed by atoms with Crippen molar-refractivity contribution < 1.29 is 23.9 Å². The van der Waals surface area contributed by atoms with E-state index in [9.17, 15) is 19.2 Å². The number of H-pyrrole nitrogens is 1. The Morgan fingerprint density at radius 1 is 1.16 bits per heavy atom. The van der Waals surface area contributed by atoms with Crippen molar-refractivity contribution in [3.8, 4) is 0 Å². The molecular weight excluding hydrogens is 416 g/mol. The summed E-state index contributed by atoms with van der Waals surface area (Å²) >= 11 is 1.54. The van der Waals surface area contributed by atoms with Gasteiger partial charge in [0.15, 0.2) is 12.4 Å². The first-order valence-corrected chi connectivity index (χ1v) is 11.3. The van der Waals surface area contributed by atoms with Crippen LogP contribution in [0, 0.1) is 20.8 Å². The maximum atomic E-state index is 12.6. The standard InChI is InChI=1S/C23H28N2O5S/c1-13-7-6-8-17(11-13)22(28)25-18(9-10-31-5)23(29)30-12-19(27)21-14(2)20(16(4)26)15(3)24-21/h6-8,11,18,24H,9-10,12H2,1-5H3,(H,25,28). The molecule has 31 heavy (non-hydrogen) atoms. The van der Waals surface area contributed by atoms with E-state index in [2.05, 4.69) is 10.3 Å². The largest absolute Gasteiger partial charge is 0.456 e. The number of hydrogen-bond donors (Lipinski definition) is 2. The van der Waals surface area contributed by atoms with Crippen molar-refractivity contribution in [1.82, 2.24) is 10.3 Å². The van der Waals surface area contributed by atoms with Gasteiger partial charge in [-0.25, -0.2) is 4.79 Å². The Morgan fingerprint density at radius 3 is 2.45 bits per heavy atom. The predicted octanol–water partition coefficient (Wildman–Crippen LogP) is 3.42. The zero-order valence-corrected chi connectivity index (χ0v) is 19.3. The number of esters is 1. The van der Waals surface area contributed by atoms with Crippen LogP contribution in [-0.2, 0) is 9.53 Å². The van der Waals surface area contributed by atoms with E-state index >= 15 is 0 Å². The number of carbonyl (C=O) groups is 4. The number of benzene rings is 1. The van der Waals surface area contributed by atoms with Crippen LogP contribution in [0.1, 0.15) is 61.4 Å². The number of aromatic nitrogens is 1. The highest BCUT2D eigenvalue weighted by atomic mass is 32.2. The Balaban J connectivity index is 2.07. The summed E-state index contributed by atoms with van der Waals surface area (Å²) in [6.45, 7) is 6.23. The zero-order chi connectivity index (χ0) is 23.1. The number of aromatic amines is 1. The van der Waals surface area contributed by atoms with Crippen LogP contribution in [0.5, 0.6) is 0 Å². The molecule has 1 heterocycles. The fourth-order valence-electron chi connectivity index (χ4n) is 3.38. The number of Topliss-reactive ketones (excluding diaryl/α,β-unsaturated/α-hetero) is 2. The molecule has 0 fully saturated rings. The molecule has 1 aromatic carbocycles. The lowest BCUT2D eigenvalue weighted by molar-refractivity contribution is -0.144. The molecule has 1 amide bonds. The van der Waals surface area contributed by atoms with Gasteiger partial charge in [0.2, 0.25) is 5.78 Å². The van der Waals surface area contributed by atoms with E-state index in [1.807, 2.05) is 19.2 Å². The van der Waals surface area contributed by atoms with Crippen LogP contribution in [0.3, 0.4) is 0 Å². The van der Waals surface area contributed by atoms with Gasteiger partial charge in [0.25, 0.3) is 5.91 Å². The number of amides is 1. The van der Waals surface area contributed by atoms with Gasteiger partial charge in [0.05, 0.1) is 5.69 Å². The van der Waals surface area contributed by atoms with E-state index in [0.717, 1.165) is 5.56 Å². The number of ketones is 2. The van der Waals surface area contributed by atoms with Crippen molar-refractivity contribution in [3.05, 3.63) is 57.9 Å². The third kappa shape index (κ3) is 6.30. The summed E-state index contributed by atoms with van der Waals surface area (Å²) in [4.78, 5) is 52.4. The van der Waals surface area contributed by atoms with Crippen LogP contribution in [0.15, 0.2) is 24.3 Å². The summed E-state index contributed by atoms with van der Waals surface area (Å²) in [5, 5.41) is 2.71. The average Bonchev–Trinajstić information content (AvgIpc) is 3.03. The van der Waals surface area contributed by atoms with Crippen LogP contribution in [0.25, 0.3) is 0 Å². The zero-order valence-electron chi connectivity index (χ0n) is 18.5. The highest BCUT2D eigenvalue weighted by Crippen LogP contribution is 2.19. The predicted molar refractivity (Wildman–Crippen MR) is 121 cm³/mol. The number of thioether (sulfide) groups is 1. The van der Waals surface area contributed by atoms with E-state index in [-0.39, 0.29) is 17.4 Å². The SMILES string of the molecule is CSCCC(NC(=O)c1cccc(C)c1)C(=O)OCC(=O)c1[nH]c(C)c(C(C)=O)c1C. The Morgan fingerprint density at radius 2 is 1.87 bits per heavy atom. The Kier molecular flexibility index (Phi) is 8.62. The second-order valence-electron chi connectivity index (χ2n) is 7.39. The minimum Gasteiger partial charge on any atom is -0.456 e. The molecule has 1 unspecified atom stereocenters. The number of hydrogen-bond acceptors (Lipinski definition) is 6. The molecule has 1 atom stereocenters. The van der Waals surface area contributed by atoms with E-state index in [0.29, 0.717) is 34.6 Å². The summed E-state index contributed by atoms with van der Waals surface area (Å²) in [6.07, 6.45) is 2.28. The maximum Gasteiger partial charge on any atom is 0.329 e. The van der Waals surface area contributed by atoms with Gasteiger partial charge in [0.1, 0.15) is 6.04 Å². The van der Waals surface area contributed by atoms with Crippen LogP contribution < -0.4 is 5.32 Å². The smallest absolute Gasteiger partial charge is 0.329 e. The quantitative estimate of drug-likeness (QED) is 0.430. The first-order chi connectivity index (χ1) is 14.6. The molecule has 0 spiro atoms. The molecule has 2 aromatic rings. The van der Waals surface area contributed by atoms with Crippen molar-refractivity contribution in [3.63, 3.8) is 0 Å². The molecule has 0 bridgehead atoms. The second-order valence-corrected chi connectivity index (χ2v) is 8.37. The Labute approximate surface area is 186 Å². The maximum absolute atomic E-state index is 12.6. The van der Waals surface area contributed by atoms with Crippen molar-refractivity contribution in [2.45, 2.75) is 40.2 Å². The lowest BCUT2D eigenvalue weighted by Crippen LogP contribution is -2.42. The molecule has 8 heteroatoms. The monoisotopic (exact) mass is 444 g/mol. The molecule has 0 saturated carbocycles. The molecule has 0 aliphatic heterocycles. The minimum atomic E-state index is -0.868. The molecule has 0 aliphatic rings. The van der Waals surface area contributed by atoms with Gasteiger partial charge in [-0.15, -0.1) is 0 Å². The molecule has 0 saturated heterocycles. The van der Waals surface area contributed by atoms with Crippen LogP contribution in [0.2, 0.25) is 0 Å². The summed E-state index contributed by atoms with van der Waals surface area (Å²) < 4.78 is 5.23.